The Labute approximate surface area is 245 Å². The quantitative estimate of drug-likeness (QED) is 0.197. The zero-order chi connectivity index (χ0) is 30.0. The highest BCUT2D eigenvalue weighted by atomic mass is 32.2. The average molecular weight is 585 g/mol. The van der Waals surface area contributed by atoms with Crippen molar-refractivity contribution in [1.82, 2.24) is 4.72 Å². The van der Waals surface area contributed by atoms with Crippen LogP contribution in [0.3, 0.4) is 0 Å². The summed E-state index contributed by atoms with van der Waals surface area (Å²) >= 11 is 0. The molecule has 1 heterocycles. The minimum Gasteiger partial charge on any atom is -0.468 e. The van der Waals surface area contributed by atoms with Crippen LogP contribution in [0.5, 0.6) is 0 Å². The third-order valence-electron chi connectivity index (χ3n) is 7.19. The van der Waals surface area contributed by atoms with Crippen LogP contribution in [0.15, 0.2) is 76.0 Å². The number of esters is 1. The van der Waals surface area contributed by atoms with Crippen molar-refractivity contribution >= 4 is 38.6 Å². The van der Waals surface area contributed by atoms with E-state index < -0.39 is 22.0 Å². The highest BCUT2D eigenvalue weighted by Crippen LogP contribution is 2.31. The number of benzene rings is 3. The lowest BCUT2D eigenvalue weighted by atomic mass is 10.0. The van der Waals surface area contributed by atoms with Crippen molar-refractivity contribution in [1.29, 1.82) is 0 Å². The molecular weight excluding hydrogens is 552 g/mol. The molecule has 0 bridgehead atoms. The molecule has 216 valence electrons. The van der Waals surface area contributed by atoms with Gasteiger partial charge in [0.2, 0.25) is 10.0 Å². The van der Waals surface area contributed by atoms with Crippen LogP contribution in [-0.4, -0.2) is 33.4 Å². The van der Waals surface area contributed by atoms with E-state index in [4.69, 9.17) is 9.15 Å². The van der Waals surface area contributed by atoms with Gasteiger partial charge in [0.1, 0.15) is 11.6 Å². The molecule has 1 aliphatic rings. The molecular formula is C33H32N2O6S. The Bertz CT molecular complexity index is 1810. The maximum atomic E-state index is 13.1. The van der Waals surface area contributed by atoms with E-state index >= 15 is 0 Å². The van der Waals surface area contributed by atoms with Crippen LogP contribution >= 0.6 is 0 Å². The third-order valence-corrected chi connectivity index (χ3v) is 8.65. The first kappa shape index (κ1) is 29.1. The number of anilines is 1. The number of fused-ring (bicyclic) bond motifs is 1. The van der Waals surface area contributed by atoms with Gasteiger partial charge in [0.15, 0.2) is 5.76 Å². The van der Waals surface area contributed by atoms with Gasteiger partial charge >= 0.3 is 5.97 Å². The molecule has 0 saturated heterocycles. The Morgan fingerprint density at radius 1 is 0.976 bits per heavy atom. The number of hydrogen-bond donors (Lipinski definition) is 2. The van der Waals surface area contributed by atoms with E-state index in [1.165, 1.54) is 19.2 Å². The molecule has 4 aromatic rings. The second kappa shape index (κ2) is 11.8. The van der Waals surface area contributed by atoms with E-state index in [0.717, 1.165) is 40.5 Å². The number of amides is 1. The molecule has 2 N–H and O–H groups in total. The fourth-order valence-electron chi connectivity index (χ4n) is 4.61. The van der Waals surface area contributed by atoms with E-state index in [2.05, 4.69) is 21.9 Å². The number of nitrogens with one attached hydrogen (secondary N) is 2. The van der Waals surface area contributed by atoms with Crippen molar-refractivity contribution in [2.75, 3.05) is 12.4 Å². The molecule has 0 aliphatic heterocycles. The Morgan fingerprint density at radius 3 is 2.21 bits per heavy atom. The summed E-state index contributed by atoms with van der Waals surface area (Å²) in [6.45, 7) is 5.34. The van der Waals surface area contributed by atoms with Crippen LogP contribution in [0, 0.1) is 30.6 Å². The zero-order valence-electron chi connectivity index (χ0n) is 23.9. The van der Waals surface area contributed by atoms with E-state index in [1.807, 2.05) is 37.3 Å². The molecule has 8 nitrogen and oxygen atoms in total. The second-order valence-electron chi connectivity index (χ2n) is 10.7. The molecule has 9 heteroatoms. The van der Waals surface area contributed by atoms with Gasteiger partial charge in [-0.25, -0.2) is 8.42 Å². The fraction of sp³-hybridized carbons (Fsp3) is 0.273. The number of aryl methyl sites for hydroxylation is 1. The summed E-state index contributed by atoms with van der Waals surface area (Å²) in [5.41, 5.74) is 4.44. The average Bonchev–Trinajstić information content (AvgIpc) is 3.75. The van der Waals surface area contributed by atoms with Crippen molar-refractivity contribution in [3.8, 4) is 23.0 Å². The highest BCUT2D eigenvalue weighted by Gasteiger charge is 2.29. The molecule has 1 saturated carbocycles. The maximum absolute atomic E-state index is 13.1. The Kier molecular flexibility index (Phi) is 8.21. The van der Waals surface area contributed by atoms with Gasteiger partial charge in [-0.15, -0.1) is 0 Å². The van der Waals surface area contributed by atoms with Crippen molar-refractivity contribution in [2.45, 2.75) is 44.6 Å². The molecule has 42 heavy (non-hydrogen) atoms. The molecule has 0 radical (unpaired) electrons. The minimum atomic E-state index is -3.94. The van der Waals surface area contributed by atoms with Crippen LogP contribution in [0.2, 0.25) is 0 Å². The minimum absolute atomic E-state index is 0.0348. The molecule has 3 aromatic carbocycles. The number of sulfonamides is 1. The van der Waals surface area contributed by atoms with Crippen LogP contribution < -0.4 is 10.0 Å². The van der Waals surface area contributed by atoms with Crippen molar-refractivity contribution < 1.29 is 27.2 Å². The molecule has 1 aromatic heterocycles. The SMILES string of the molecule is COC(=O)[C@@H](NS(=O)(=O)c1ccc(-c2ccc(NC(=O)c3oc4cccc(C#CC5CC5)c4c3C)cc2)cc1)C(C)C. The van der Waals surface area contributed by atoms with Gasteiger partial charge in [-0.3, -0.25) is 9.59 Å². The number of carbonyl (C=O) groups is 2. The van der Waals surface area contributed by atoms with E-state index in [9.17, 15) is 18.0 Å². The Balaban J connectivity index is 1.29. The first-order valence-corrected chi connectivity index (χ1v) is 15.2. The normalized spacial score (nSPS) is 13.8. The Hall–Kier alpha value is -4.39. The van der Waals surface area contributed by atoms with Gasteiger partial charge in [-0.2, -0.15) is 4.72 Å². The van der Waals surface area contributed by atoms with Crippen LogP contribution in [0.4, 0.5) is 5.69 Å². The summed E-state index contributed by atoms with van der Waals surface area (Å²) in [5.74, 6) is 5.95. The monoisotopic (exact) mass is 584 g/mol. The summed E-state index contributed by atoms with van der Waals surface area (Å²) < 4.78 is 38.8. The van der Waals surface area contributed by atoms with Gasteiger partial charge in [-0.1, -0.05) is 56.0 Å². The molecule has 1 amide bonds. The first-order chi connectivity index (χ1) is 20.1. The topological polar surface area (TPSA) is 115 Å². The Morgan fingerprint density at radius 2 is 1.62 bits per heavy atom. The summed E-state index contributed by atoms with van der Waals surface area (Å²) in [4.78, 5) is 25.2. The van der Waals surface area contributed by atoms with Crippen molar-refractivity contribution in [3.63, 3.8) is 0 Å². The third kappa shape index (κ3) is 6.25. The number of rotatable bonds is 8. The summed E-state index contributed by atoms with van der Waals surface area (Å²) in [6, 6.07) is 18.2. The summed E-state index contributed by atoms with van der Waals surface area (Å²) in [6.07, 6.45) is 2.28. The number of ether oxygens (including phenoxy) is 1. The smallest absolute Gasteiger partial charge is 0.324 e. The van der Waals surface area contributed by atoms with Crippen molar-refractivity contribution in [2.24, 2.45) is 11.8 Å². The van der Waals surface area contributed by atoms with E-state index in [1.54, 1.807) is 38.1 Å². The molecule has 1 aliphatic carbocycles. The lowest BCUT2D eigenvalue weighted by molar-refractivity contribution is -0.143. The standard InChI is InChI=1S/C33H32N2O6S/c1-20(2)30(33(37)40-4)35-42(38,39)27-18-14-24(15-19-27)23-12-16-26(17-13-23)34-32(36)31-21(3)29-25(11-10-22-8-9-22)6-5-7-28(29)41-31/h5-7,12-20,22,30,35H,8-9H2,1-4H3,(H,34,36)/t30-/m0/s1. The fourth-order valence-corrected chi connectivity index (χ4v) is 5.94. The lowest BCUT2D eigenvalue weighted by Gasteiger charge is -2.19. The van der Waals surface area contributed by atoms with Gasteiger partial charge in [-0.05, 0) is 73.2 Å². The zero-order valence-corrected chi connectivity index (χ0v) is 24.7. The van der Waals surface area contributed by atoms with Gasteiger partial charge in [0.25, 0.3) is 5.91 Å². The molecule has 0 unspecified atom stereocenters. The number of furan rings is 1. The molecule has 1 fully saturated rings. The highest BCUT2D eigenvalue weighted by molar-refractivity contribution is 7.89. The van der Waals surface area contributed by atoms with E-state index in [0.29, 0.717) is 17.2 Å². The summed E-state index contributed by atoms with van der Waals surface area (Å²) in [5, 5.41) is 3.75. The van der Waals surface area contributed by atoms with Crippen molar-refractivity contribution in [3.05, 3.63) is 83.6 Å². The van der Waals surface area contributed by atoms with E-state index in [-0.39, 0.29) is 22.5 Å². The molecule has 5 rings (SSSR count). The number of hydrogen-bond acceptors (Lipinski definition) is 6. The predicted octanol–water partition coefficient (Wildman–Crippen LogP) is 5.90. The molecule has 0 spiro atoms. The maximum Gasteiger partial charge on any atom is 0.324 e. The number of methoxy groups -OCH3 is 1. The van der Waals surface area contributed by atoms with Crippen LogP contribution in [0.25, 0.3) is 22.1 Å². The largest absolute Gasteiger partial charge is 0.468 e. The van der Waals surface area contributed by atoms with Crippen LogP contribution in [-0.2, 0) is 19.6 Å². The molecule has 1 atom stereocenters. The van der Waals surface area contributed by atoms with Gasteiger partial charge in [0, 0.05) is 28.1 Å². The number of carbonyl (C=O) groups excluding carboxylic acids is 2. The summed E-state index contributed by atoms with van der Waals surface area (Å²) in [7, 11) is -2.72. The lowest BCUT2D eigenvalue weighted by Crippen LogP contribution is -2.44. The second-order valence-corrected chi connectivity index (χ2v) is 12.4. The van der Waals surface area contributed by atoms with Crippen LogP contribution in [0.1, 0.15) is 48.4 Å². The van der Waals surface area contributed by atoms with Gasteiger partial charge in [0.05, 0.1) is 12.0 Å². The van der Waals surface area contributed by atoms with Gasteiger partial charge < -0.3 is 14.5 Å². The predicted molar refractivity (Wildman–Crippen MR) is 161 cm³/mol. The first-order valence-electron chi connectivity index (χ1n) is 13.7.